The van der Waals surface area contributed by atoms with E-state index in [0.29, 0.717) is 0 Å². The number of nitrogen functional groups attached to an aromatic ring is 1. The molecule has 0 aromatic heterocycles. The Kier molecular flexibility index (Phi) is 4.20. The number of aliphatic imine (C=N–C) groups is 1. The maximum Gasteiger partial charge on any atom is 0.216 e. The molecule has 98 valence electrons. The average Bonchev–Trinajstić information content (AvgIpc) is 2.85. The van der Waals surface area contributed by atoms with Crippen LogP contribution in [0.5, 0.6) is 0 Å². The molecule has 0 fully saturated rings. The maximum atomic E-state index is 5.89. The summed E-state index contributed by atoms with van der Waals surface area (Å²) in [6.45, 7) is 8.12. The number of benzene rings is 1. The van der Waals surface area contributed by atoms with E-state index in [9.17, 15) is 0 Å². The second-order valence-corrected chi connectivity index (χ2v) is 4.49. The minimum atomic E-state index is 0.178. The number of ether oxygens (including phenoxy) is 1. The van der Waals surface area contributed by atoms with E-state index in [0.717, 1.165) is 43.3 Å². The molecule has 4 heteroatoms. The zero-order valence-electron chi connectivity index (χ0n) is 11.1. The van der Waals surface area contributed by atoms with Crippen LogP contribution in [-0.4, -0.2) is 43.1 Å². The topological polar surface area (TPSA) is 50.8 Å². The number of likely N-dealkylation sites (N-methyl/N-ethyl adjacent to an activating group) is 1. The van der Waals surface area contributed by atoms with Crippen LogP contribution in [0.2, 0.25) is 0 Å². The van der Waals surface area contributed by atoms with E-state index in [1.807, 2.05) is 24.3 Å². The van der Waals surface area contributed by atoms with Crippen molar-refractivity contribution in [2.75, 3.05) is 31.9 Å². The van der Waals surface area contributed by atoms with Gasteiger partial charge in [0.1, 0.15) is 6.10 Å². The van der Waals surface area contributed by atoms with E-state index in [1.54, 1.807) is 0 Å². The first-order chi connectivity index (χ1) is 8.72. The highest BCUT2D eigenvalue weighted by Crippen LogP contribution is 2.14. The van der Waals surface area contributed by atoms with Crippen LogP contribution < -0.4 is 5.73 Å². The molecule has 0 radical (unpaired) electrons. The van der Waals surface area contributed by atoms with Gasteiger partial charge in [-0.15, -0.1) is 0 Å². The van der Waals surface area contributed by atoms with Crippen molar-refractivity contribution in [1.82, 2.24) is 4.90 Å². The molecule has 1 aromatic rings. The summed E-state index contributed by atoms with van der Waals surface area (Å²) in [6.07, 6.45) is 0.178. The van der Waals surface area contributed by atoms with Crippen molar-refractivity contribution in [3.8, 4) is 0 Å². The fourth-order valence-electron chi connectivity index (χ4n) is 2.07. The second-order valence-electron chi connectivity index (χ2n) is 4.49. The number of anilines is 1. The lowest BCUT2D eigenvalue weighted by Crippen LogP contribution is -2.34. The third-order valence-electron chi connectivity index (χ3n) is 3.23. The Morgan fingerprint density at radius 2 is 1.94 bits per heavy atom. The Morgan fingerprint density at radius 3 is 2.56 bits per heavy atom. The molecule has 2 N–H and O–H groups in total. The highest BCUT2D eigenvalue weighted by molar-refractivity contribution is 5.95. The molecule has 0 saturated carbocycles. The van der Waals surface area contributed by atoms with Crippen LogP contribution in [-0.2, 0) is 4.74 Å². The first-order valence-electron chi connectivity index (χ1n) is 6.52. The third kappa shape index (κ3) is 3.01. The smallest absolute Gasteiger partial charge is 0.216 e. The van der Waals surface area contributed by atoms with Crippen LogP contribution in [0.25, 0.3) is 0 Å². The molecule has 4 nitrogen and oxygen atoms in total. The molecule has 0 aliphatic carbocycles. The highest BCUT2D eigenvalue weighted by atomic mass is 16.5. The lowest BCUT2D eigenvalue weighted by atomic mass is 10.2. The Bertz CT molecular complexity index is 410. The normalized spacial score (nSPS) is 18.8. The van der Waals surface area contributed by atoms with Gasteiger partial charge in [-0.2, -0.15) is 0 Å². The van der Waals surface area contributed by atoms with E-state index in [1.165, 1.54) is 0 Å². The molecule has 18 heavy (non-hydrogen) atoms. The Balaban J connectivity index is 1.93. The maximum absolute atomic E-state index is 5.89. The minimum Gasteiger partial charge on any atom is -0.471 e. The fraction of sp³-hybridized carbons (Fsp3) is 0.500. The molecule has 1 heterocycles. The second kappa shape index (κ2) is 5.87. The number of nitrogens with zero attached hydrogens (tertiary/aromatic N) is 2. The number of nitrogens with two attached hydrogens (primary N) is 1. The molecule has 0 spiro atoms. The largest absolute Gasteiger partial charge is 0.471 e. The van der Waals surface area contributed by atoms with Crippen molar-refractivity contribution in [3.63, 3.8) is 0 Å². The van der Waals surface area contributed by atoms with Crippen molar-refractivity contribution < 1.29 is 4.74 Å². The van der Waals surface area contributed by atoms with Gasteiger partial charge in [0.05, 0.1) is 6.54 Å². The Hall–Kier alpha value is -1.55. The number of rotatable bonds is 5. The van der Waals surface area contributed by atoms with E-state index >= 15 is 0 Å². The van der Waals surface area contributed by atoms with E-state index in [4.69, 9.17) is 10.5 Å². The summed E-state index contributed by atoms with van der Waals surface area (Å²) in [5.74, 6) is 0.743. The molecular weight excluding hydrogens is 226 g/mol. The standard InChI is InChI=1S/C14H21N3O/c1-3-17(4-2)10-13-9-16-14(18-13)11-5-7-12(15)8-6-11/h5-8,13H,3-4,9-10,15H2,1-2H3/t13-/m1/s1. The molecule has 2 rings (SSSR count). The number of hydrogen-bond donors (Lipinski definition) is 1. The zero-order valence-corrected chi connectivity index (χ0v) is 11.1. The van der Waals surface area contributed by atoms with Crippen LogP contribution in [0.3, 0.4) is 0 Å². The summed E-state index contributed by atoms with van der Waals surface area (Å²) in [4.78, 5) is 6.82. The molecule has 1 aliphatic heterocycles. The Labute approximate surface area is 108 Å². The average molecular weight is 247 g/mol. The molecule has 1 aromatic carbocycles. The van der Waals surface area contributed by atoms with Crippen molar-refractivity contribution in [3.05, 3.63) is 29.8 Å². The van der Waals surface area contributed by atoms with Crippen LogP contribution in [0.15, 0.2) is 29.3 Å². The van der Waals surface area contributed by atoms with E-state index in [-0.39, 0.29) is 6.10 Å². The van der Waals surface area contributed by atoms with Gasteiger partial charge < -0.3 is 15.4 Å². The van der Waals surface area contributed by atoms with Crippen LogP contribution in [0.4, 0.5) is 5.69 Å². The molecule has 0 bridgehead atoms. The number of hydrogen-bond acceptors (Lipinski definition) is 4. The van der Waals surface area contributed by atoms with Crippen LogP contribution in [0, 0.1) is 0 Å². The molecule has 0 unspecified atom stereocenters. The summed E-state index contributed by atoms with van der Waals surface area (Å²) in [5.41, 5.74) is 7.43. The monoisotopic (exact) mass is 247 g/mol. The van der Waals surface area contributed by atoms with Crippen LogP contribution >= 0.6 is 0 Å². The summed E-state index contributed by atoms with van der Waals surface area (Å²) >= 11 is 0. The fourth-order valence-corrected chi connectivity index (χ4v) is 2.07. The van der Waals surface area contributed by atoms with Gasteiger partial charge >= 0.3 is 0 Å². The first-order valence-corrected chi connectivity index (χ1v) is 6.52. The summed E-state index contributed by atoms with van der Waals surface area (Å²) in [7, 11) is 0. The molecule has 1 atom stereocenters. The van der Waals surface area contributed by atoms with Crippen LogP contribution in [0.1, 0.15) is 19.4 Å². The Morgan fingerprint density at radius 1 is 1.28 bits per heavy atom. The summed E-state index contributed by atoms with van der Waals surface area (Å²) < 4.78 is 5.89. The SMILES string of the molecule is CCN(CC)C[C@H]1CN=C(c2ccc(N)cc2)O1. The van der Waals surface area contributed by atoms with E-state index < -0.39 is 0 Å². The van der Waals surface area contributed by atoms with Gasteiger partial charge in [-0.25, -0.2) is 4.99 Å². The van der Waals surface area contributed by atoms with Gasteiger partial charge in [0.25, 0.3) is 0 Å². The molecule has 0 amide bonds. The predicted molar refractivity (Wildman–Crippen MR) is 74.9 cm³/mol. The summed E-state index contributed by atoms with van der Waals surface area (Å²) in [5, 5.41) is 0. The zero-order chi connectivity index (χ0) is 13.0. The van der Waals surface area contributed by atoms with Crippen molar-refractivity contribution >= 4 is 11.6 Å². The molecular formula is C14H21N3O. The highest BCUT2D eigenvalue weighted by Gasteiger charge is 2.22. The quantitative estimate of drug-likeness (QED) is 0.807. The minimum absolute atomic E-state index is 0.178. The van der Waals surface area contributed by atoms with Gasteiger partial charge in [0.15, 0.2) is 0 Å². The third-order valence-corrected chi connectivity index (χ3v) is 3.23. The van der Waals surface area contributed by atoms with Gasteiger partial charge in [-0.3, -0.25) is 0 Å². The lowest BCUT2D eigenvalue weighted by molar-refractivity contribution is 0.154. The van der Waals surface area contributed by atoms with Gasteiger partial charge in [0, 0.05) is 17.8 Å². The van der Waals surface area contributed by atoms with Crippen molar-refractivity contribution in [2.45, 2.75) is 20.0 Å². The lowest BCUT2D eigenvalue weighted by Gasteiger charge is -2.21. The molecule has 0 saturated heterocycles. The van der Waals surface area contributed by atoms with Crippen molar-refractivity contribution in [1.29, 1.82) is 0 Å². The van der Waals surface area contributed by atoms with Gasteiger partial charge in [0.2, 0.25) is 5.90 Å². The molecule has 1 aliphatic rings. The van der Waals surface area contributed by atoms with Gasteiger partial charge in [-0.1, -0.05) is 13.8 Å². The summed E-state index contributed by atoms with van der Waals surface area (Å²) in [6, 6.07) is 7.65. The first kappa shape index (κ1) is 12.9. The predicted octanol–water partition coefficient (Wildman–Crippen LogP) is 1.76. The van der Waals surface area contributed by atoms with Gasteiger partial charge in [-0.05, 0) is 37.4 Å². The van der Waals surface area contributed by atoms with E-state index in [2.05, 4.69) is 23.7 Å². The van der Waals surface area contributed by atoms with Crippen molar-refractivity contribution in [2.24, 2.45) is 4.99 Å².